The maximum atomic E-state index is 5.47. The zero-order valence-corrected chi connectivity index (χ0v) is 5.46. The number of hydrogen-bond acceptors (Lipinski definition) is 2. The van der Waals surface area contributed by atoms with Gasteiger partial charge in [-0.15, -0.1) is 0 Å². The standard InChI is InChI=1S/C7H10N2/c1-2-6-3-7(8)5-9-4-6/h3-5H,2,8H2,1H3. The van der Waals surface area contributed by atoms with Crippen LogP contribution >= 0.6 is 0 Å². The lowest BCUT2D eigenvalue weighted by molar-refractivity contribution is 1.11. The highest BCUT2D eigenvalue weighted by atomic mass is 14.7. The van der Waals surface area contributed by atoms with Gasteiger partial charge < -0.3 is 5.73 Å². The first-order valence-corrected chi connectivity index (χ1v) is 3.02. The molecule has 0 atom stereocenters. The first-order valence-electron chi connectivity index (χ1n) is 3.02. The summed E-state index contributed by atoms with van der Waals surface area (Å²) < 4.78 is 0. The number of pyridine rings is 1. The van der Waals surface area contributed by atoms with E-state index in [2.05, 4.69) is 11.9 Å². The second-order valence-electron chi connectivity index (χ2n) is 1.98. The molecule has 2 N–H and O–H groups in total. The zero-order chi connectivity index (χ0) is 6.69. The van der Waals surface area contributed by atoms with E-state index in [0.717, 1.165) is 12.1 Å². The van der Waals surface area contributed by atoms with Crippen LogP contribution in [-0.2, 0) is 6.42 Å². The number of nitrogen functional groups attached to an aromatic ring is 1. The fourth-order valence-corrected chi connectivity index (χ4v) is 0.701. The van der Waals surface area contributed by atoms with Crippen LogP contribution in [0, 0.1) is 0 Å². The van der Waals surface area contributed by atoms with Crippen molar-refractivity contribution in [2.75, 3.05) is 5.73 Å². The van der Waals surface area contributed by atoms with Crippen LogP contribution in [0.4, 0.5) is 5.69 Å². The van der Waals surface area contributed by atoms with Crippen LogP contribution < -0.4 is 5.73 Å². The molecule has 0 radical (unpaired) electrons. The Bertz CT molecular complexity index is 196. The molecule has 0 aromatic carbocycles. The van der Waals surface area contributed by atoms with Crippen LogP contribution in [0.1, 0.15) is 12.5 Å². The second kappa shape index (κ2) is 2.49. The molecule has 2 heteroatoms. The summed E-state index contributed by atoms with van der Waals surface area (Å²) in [6.07, 6.45) is 4.48. The molecular weight excluding hydrogens is 112 g/mol. The SMILES string of the molecule is CCc1cncc(N)c1. The third-order valence-corrected chi connectivity index (χ3v) is 1.22. The third-order valence-electron chi connectivity index (χ3n) is 1.22. The molecular formula is C7H10N2. The normalized spacial score (nSPS) is 9.44. The van der Waals surface area contributed by atoms with Crippen LogP contribution in [-0.4, -0.2) is 4.98 Å². The van der Waals surface area contributed by atoms with E-state index >= 15 is 0 Å². The molecule has 1 aromatic heterocycles. The smallest absolute Gasteiger partial charge is 0.0503 e. The molecule has 48 valence electrons. The summed E-state index contributed by atoms with van der Waals surface area (Å²) in [5.41, 5.74) is 7.41. The van der Waals surface area contributed by atoms with Crippen LogP contribution in [0.15, 0.2) is 18.5 Å². The topological polar surface area (TPSA) is 38.9 Å². The van der Waals surface area contributed by atoms with Gasteiger partial charge in [0.1, 0.15) is 0 Å². The number of rotatable bonds is 1. The van der Waals surface area contributed by atoms with Crippen molar-refractivity contribution in [2.24, 2.45) is 0 Å². The zero-order valence-electron chi connectivity index (χ0n) is 5.46. The van der Waals surface area contributed by atoms with Crippen LogP contribution in [0.5, 0.6) is 0 Å². The Labute approximate surface area is 54.7 Å². The average molecular weight is 122 g/mol. The predicted molar refractivity (Wildman–Crippen MR) is 38.0 cm³/mol. The number of nitrogens with zero attached hydrogens (tertiary/aromatic N) is 1. The Morgan fingerprint density at radius 3 is 2.78 bits per heavy atom. The van der Waals surface area contributed by atoms with E-state index in [4.69, 9.17) is 5.73 Å². The molecule has 0 fully saturated rings. The molecule has 1 aromatic rings. The van der Waals surface area contributed by atoms with Crippen molar-refractivity contribution >= 4 is 5.69 Å². The maximum Gasteiger partial charge on any atom is 0.0503 e. The highest BCUT2D eigenvalue weighted by molar-refractivity contribution is 5.36. The molecule has 0 saturated heterocycles. The first kappa shape index (κ1) is 6.08. The number of aromatic nitrogens is 1. The van der Waals surface area contributed by atoms with Gasteiger partial charge in [-0.05, 0) is 18.1 Å². The second-order valence-corrected chi connectivity index (χ2v) is 1.98. The van der Waals surface area contributed by atoms with E-state index < -0.39 is 0 Å². The molecule has 0 saturated carbocycles. The van der Waals surface area contributed by atoms with Crippen molar-refractivity contribution in [1.29, 1.82) is 0 Å². The molecule has 9 heavy (non-hydrogen) atoms. The van der Waals surface area contributed by atoms with E-state index in [1.54, 1.807) is 6.20 Å². The van der Waals surface area contributed by atoms with Crippen LogP contribution in [0.3, 0.4) is 0 Å². The van der Waals surface area contributed by atoms with Crippen molar-refractivity contribution < 1.29 is 0 Å². The molecule has 0 spiro atoms. The Hall–Kier alpha value is -1.05. The number of anilines is 1. The minimum atomic E-state index is 0.745. The highest BCUT2D eigenvalue weighted by Gasteiger charge is 1.87. The molecule has 0 aliphatic rings. The molecule has 0 amide bonds. The van der Waals surface area contributed by atoms with Gasteiger partial charge in [0, 0.05) is 12.4 Å². The summed E-state index contributed by atoms with van der Waals surface area (Å²) in [7, 11) is 0. The third kappa shape index (κ3) is 1.42. The molecule has 1 rings (SSSR count). The number of hydrogen-bond donors (Lipinski definition) is 1. The van der Waals surface area contributed by atoms with Crippen molar-refractivity contribution in [2.45, 2.75) is 13.3 Å². The lowest BCUT2D eigenvalue weighted by Crippen LogP contribution is -1.88. The van der Waals surface area contributed by atoms with Crippen molar-refractivity contribution in [3.05, 3.63) is 24.0 Å². The largest absolute Gasteiger partial charge is 0.397 e. The van der Waals surface area contributed by atoms with Gasteiger partial charge >= 0.3 is 0 Å². The van der Waals surface area contributed by atoms with Crippen molar-refractivity contribution in [3.63, 3.8) is 0 Å². The minimum absolute atomic E-state index is 0.745. The molecule has 0 bridgehead atoms. The molecule has 0 aliphatic heterocycles. The fraction of sp³-hybridized carbons (Fsp3) is 0.286. The molecule has 2 nitrogen and oxygen atoms in total. The van der Waals surface area contributed by atoms with Gasteiger partial charge in [-0.2, -0.15) is 0 Å². The van der Waals surface area contributed by atoms with Crippen LogP contribution in [0.2, 0.25) is 0 Å². The molecule has 0 aliphatic carbocycles. The number of aryl methyl sites for hydroxylation is 1. The summed E-state index contributed by atoms with van der Waals surface area (Å²) in [6.45, 7) is 2.08. The highest BCUT2D eigenvalue weighted by Crippen LogP contribution is 2.02. The van der Waals surface area contributed by atoms with Gasteiger partial charge in [0.2, 0.25) is 0 Å². The van der Waals surface area contributed by atoms with E-state index in [9.17, 15) is 0 Å². The first-order chi connectivity index (χ1) is 4.33. The summed E-state index contributed by atoms with van der Waals surface area (Å²) in [4.78, 5) is 3.93. The minimum Gasteiger partial charge on any atom is -0.397 e. The fourth-order valence-electron chi connectivity index (χ4n) is 0.701. The van der Waals surface area contributed by atoms with E-state index in [1.807, 2.05) is 12.3 Å². The Morgan fingerprint density at radius 2 is 2.33 bits per heavy atom. The van der Waals surface area contributed by atoms with E-state index in [-0.39, 0.29) is 0 Å². The lowest BCUT2D eigenvalue weighted by Gasteiger charge is -1.94. The van der Waals surface area contributed by atoms with Gasteiger partial charge in [0.25, 0.3) is 0 Å². The number of nitrogens with two attached hydrogens (primary N) is 1. The monoisotopic (exact) mass is 122 g/mol. The summed E-state index contributed by atoms with van der Waals surface area (Å²) in [6, 6.07) is 1.94. The average Bonchev–Trinajstić information content (AvgIpc) is 1.88. The van der Waals surface area contributed by atoms with Gasteiger partial charge in [0.15, 0.2) is 0 Å². The van der Waals surface area contributed by atoms with Crippen LogP contribution in [0.25, 0.3) is 0 Å². The Kier molecular flexibility index (Phi) is 1.68. The predicted octanol–water partition coefficient (Wildman–Crippen LogP) is 1.23. The summed E-state index contributed by atoms with van der Waals surface area (Å²) in [5.74, 6) is 0. The quantitative estimate of drug-likeness (QED) is 0.608. The van der Waals surface area contributed by atoms with Gasteiger partial charge in [-0.3, -0.25) is 4.98 Å². The Morgan fingerprint density at radius 1 is 1.56 bits per heavy atom. The molecule has 1 heterocycles. The van der Waals surface area contributed by atoms with E-state index in [0.29, 0.717) is 0 Å². The van der Waals surface area contributed by atoms with Gasteiger partial charge in [-0.25, -0.2) is 0 Å². The van der Waals surface area contributed by atoms with Crippen molar-refractivity contribution in [1.82, 2.24) is 4.98 Å². The summed E-state index contributed by atoms with van der Waals surface area (Å²) in [5, 5.41) is 0. The maximum absolute atomic E-state index is 5.47. The molecule has 0 unspecified atom stereocenters. The Balaban J connectivity index is 2.94. The van der Waals surface area contributed by atoms with Crippen molar-refractivity contribution in [3.8, 4) is 0 Å². The van der Waals surface area contributed by atoms with Gasteiger partial charge in [-0.1, -0.05) is 6.92 Å². The van der Waals surface area contributed by atoms with Gasteiger partial charge in [0.05, 0.1) is 5.69 Å². The summed E-state index contributed by atoms with van der Waals surface area (Å²) >= 11 is 0. The lowest BCUT2D eigenvalue weighted by atomic mass is 10.2. The van der Waals surface area contributed by atoms with E-state index in [1.165, 1.54) is 5.56 Å².